The predicted molar refractivity (Wildman–Crippen MR) is 119 cm³/mol. The van der Waals surface area contributed by atoms with Crippen LogP contribution in [0.3, 0.4) is 0 Å². The first-order valence-electron chi connectivity index (χ1n) is 9.76. The van der Waals surface area contributed by atoms with Gasteiger partial charge in [-0.15, -0.1) is 0 Å². The van der Waals surface area contributed by atoms with Crippen LogP contribution in [0.15, 0.2) is 47.4 Å². The van der Waals surface area contributed by atoms with Crippen molar-refractivity contribution in [1.82, 2.24) is 4.31 Å². The van der Waals surface area contributed by atoms with E-state index in [4.69, 9.17) is 0 Å². The summed E-state index contributed by atoms with van der Waals surface area (Å²) >= 11 is 0. The highest BCUT2D eigenvalue weighted by Gasteiger charge is 2.20. The maximum atomic E-state index is 12.6. The van der Waals surface area contributed by atoms with E-state index in [1.807, 2.05) is 31.1 Å². The highest BCUT2D eigenvalue weighted by Crippen LogP contribution is 2.28. The number of hydrogen-bond acceptors (Lipinski definition) is 4. The van der Waals surface area contributed by atoms with Crippen LogP contribution in [0.4, 0.5) is 11.4 Å². The zero-order valence-electron chi connectivity index (χ0n) is 17.9. The van der Waals surface area contributed by atoms with Crippen LogP contribution in [0, 0.1) is 0 Å². The molecule has 0 heterocycles. The number of amides is 1. The topological polar surface area (TPSA) is 69.7 Å². The minimum atomic E-state index is -3.59. The van der Waals surface area contributed by atoms with E-state index in [0.717, 1.165) is 34.8 Å². The second-order valence-corrected chi connectivity index (χ2v) is 9.66. The Bertz CT molecular complexity index is 936. The van der Waals surface area contributed by atoms with Gasteiger partial charge >= 0.3 is 0 Å². The second-order valence-electron chi connectivity index (χ2n) is 7.51. The molecule has 0 aliphatic heterocycles. The first-order chi connectivity index (χ1) is 13.6. The lowest BCUT2D eigenvalue weighted by atomic mass is 10.0. The molecule has 6 nitrogen and oxygen atoms in total. The zero-order valence-corrected chi connectivity index (χ0v) is 18.7. The molecule has 2 aromatic carbocycles. The van der Waals surface area contributed by atoms with Gasteiger partial charge in [-0.25, -0.2) is 12.7 Å². The molecule has 7 heteroatoms. The van der Waals surface area contributed by atoms with Gasteiger partial charge in [0, 0.05) is 28.2 Å². The van der Waals surface area contributed by atoms with Gasteiger partial charge in [-0.2, -0.15) is 0 Å². The molecule has 0 bridgehead atoms. The molecular formula is C22H31N3O3S. The van der Waals surface area contributed by atoms with E-state index in [9.17, 15) is 13.2 Å². The van der Waals surface area contributed by atoms with E-state index in [0.29, 0.717) is 5.69 Å². The van der Waals surface area contributed by atoms with Gasteiger partial charge in [-0.05, 0) is 42.2 Å². The van der Waals surface area contributed by atoms with Crippen LogP contribution >= 0.6 is 0 Å². The standard InChI is InChI=1S/C22H31N3O3S/c1-6-7-8-17-9-11-18(12-10-17)15-22(26)23-20-16-19(29(27,28)25(4)5)13-14-21(20)24(2)3/h9-14,16H,6-8,15H2,1-5H3,(H,23,26). The zero-order chi connectivity index (χ0) is 21.6. The Labute approximate surface area is 174 Å². The molecule has 0 atom stereocenters. The molecule has 0 radical (unpaired) electrons. The van der Waals surface area contributed by atoms with Gasteiger partial charge in [0.25, 0.3) is 0 Å². The summed E-state index contributed by atoms with van der Waals surface area (Å²) in [5.74, 6) is -0.186. The van der Waals surface area contributed by atoms with E-state index >= 15 is 0 Å². The molecule has 0 fully saturated rings. The van der Waals surface area contributed by atoms with Crippen LogP contribution in [0.25, 0.3) is 0 Å². The van der Waals surface area contributed by atoms with Gasteiger partial charge < -0.3 is 10.2 Å². The van der Waals surface area contributed by atoms with E-state index in [2.05, 4.69) is 24.4 Å². The van der Waals surface area contributed by atoms with Crippen LogP contribution in [-0.2, 0) is 27.7 Å². The maximum absolute atomic E-state index is 12.6. The van der Waals surface area contributed by atoms with Crippen molar-refractivity contribution in [2.24, 2.45) is 0 Å². The third-order valence-electron chi connectivity index (χ3n) is 4.71. The van der Waals surface area contributed by atoms with Gasteiger partial charge in [0.05, 0.1) is 22.7 Å². The number of aryl methyl sites for hydroxylation is 1. The molecule has 0 saturated heterocycles. The van der Waals surface area contributed by atoms with Crippen molar-refractivity contribution >= 4 is 27.3 Å². The predicted octanol–water partition coefficient (Wildman–Crippen LogP) is 3.53. The molecule has 158 valence electrons. The maximum Gasteiger partial charge on any atom is 0.242 e. The number of carbonyl (C=O) groups excluding carboxylic acids is 1. The van der Waals surface area contributed by atoms with Crippen LogP contribution in [0.1, 0.15) is 30.9 Å². The van der Waals surface area contributed by atoms with Crippen LogP contribution in [0.2, 0.25) is 0 Å². The van der Waals surface area contributed by atoms with Crippen molar-refractivity contribution in [1.29, 1.82) is 0 Å². The number of nitrogens with one attached hydrogen (secondary N) is 1. The summed E-state index contributed by atoms with van der Waals surface area (Å²) in [4.78, 5) is 14.6. The van der Waals surface area contributed by atoms with E-state index in [1.165, 1.54) is 25.7 Å². The van der Waals surface area contributed by atoms with Gasteiger partial charge in [0.1, 0.15) is 0 Å². The lowest BCUT2D eigenvalue weighted by molar-refractivity contribution is -0.115. The van der Waals surface area contributed by atoms with Crippen LogP contribution in [-0.4, -0.2) is 46.8 Å². The molecule has 1 N–H and O–H groups in total. The van der Waals surface area contributed by atoms with Crippen molar-refractivity contribution in [2.75, 3.05) is 38.4 Å². The molecule has 0 saturated carbocycles. The Kier molecular flexibility index (Phi) is 7.81. The highest BCUT2D eigenvalue weighted by molar-refractivity contribution is 7.89. The van der Waals surface area contributed by atoms with Crippen molar-refractivity contribution < 1.29 is 13.2 Å². The smallest absolute Gasteiger partial charge is 0.242 e. The molecule has 0 unspecified atom stereocenters. The minimum absolute atomic E-state index is 0.142. The largest absolute Gasteiger partial charge is 0.376 e. The number of rotatable bonds is 9. The van der Waals surface area contributed by atoms with Crippen LogP contribution < -0.4 is 10.2 Å². The van der Waals surface area contributed by atoms with Gasteiger partial charge in [0.2, 0.25) is 15.9 Å². The fourth-order valence-electron chi connectivity index (χ4n) is 2.96. The third-order valence-corrected chi connectivity index (χ3v) is 6.52. The van der Waals surface area contributed by atoms with Gasteiger partial charge in [-0.3, -0.25) is 4.79 Å². The molecule has 0 aliphatic carbocycles. The first kappa shape index (κ1) is 22.9. The van der Waals surface area contributed by atoms with E-state index in [-0.39, 0.29) is 17.2 Å². The van der Waals surface area contributed by atoms with E-state index in [1.54, 1.807) is 12.1 Å². The van der Waals surface area contributed by atoms with Crippen molar-refractivity contribution in [3.05, 3.63) is 53.6 Å². The normalized spacial score (nSPS) is 11.5. The Balaban J connectivity index is 2.19. The Hall–Kier alpha value is -2.38. The lowest BCUT2D eigenvalue weighted by Crippen LogP contribution is -2.23. The summed E-state index contributed by atoms with van der Waals surface area (Å²) in [6.45, 7) is 2.17. The minimum Gasteiger partial charge on any atom is -0.376 e. The number of unbranched alkanes of at least 4 members (excludes halogenated alkanes) is 1. The van der Waals surface area contributed by atoms with Gasteiger partial charge in [0.15, 0.2) is 0 Å². The Morgan fingerprint density at radius 2 is 1.59 bits per heavy atom. The summed E-state index contributed by atoms with van der Waals surface area (Å²) < 4.78 is 26.1. The summed E-state index contributed by atoms with van der Waals surface area (Å²) in [6.07, 6.45) is 3.58. The van der Waals surface area contributed by atoms with Gasteiger partial charge in [-0.1, -0.05) is 37.6 Å². The fraction of sp³-hybridized carbons (Fsp3) is 0.409. The molecule has 1 amide bonds. The average molecular weight is 418 g/mol. The fourth-order valence-corrected chi connectivity index (χ4v) is 3.89. The number of anilines is 2. The third kappa shape index (κ3) is 6.05. The Morgan fingerprint density at radius 3 is 2.14 bits per heavy atom. The Morgan fingerprint density at radius 1 is 0.966 bits per heavy atom. The number of carbonyl (C=O) groups is 1. The molecule has 0 spiro atoms. The first-order valence-corrected chi connectivity index (χ1v) is 11.2. The average Bonchev–Trinajstić information content (AvgIpc) is 2.67. The molecular weight excluding hydrogens is 386 g/mol. The quantitative estimate of drug-likeness (QED) is 0.678. The molecule has 2 rings (SSSR count). The van der Waals surface area contributed by atoms with Crippen molar-refractivity contribution in [3.63, 3.8) is 0 Å². The number of sulfonamides is 1. The second kappa shape index (κ2) is 9.89. The number of nitrogens with zero attached hydrogens (tertiary/aromatic N) is 2. The van der Waals surface area contributed by atoms with Crippen molar-refractivity contribution in [3.8, 4) is 0 Å². The molecule has 29 heavy (non-hydrogen) atoms. The summed E-state index contributed by atoms with van der Waals surface area (Å²) in [7, 11) is 3.08. The SMILES string of the molecule is CCCCc1ccc(CC(=O)Nc2cc(S(=O)(=O)N(C)C)ccc2N(C)C)cc1. The highest BCUT2D eigenvalue weighted by atomic mass is 32.2. The summed E-state index contributed by atoms with van der Waals surface area (Å²) in [6, 6.07) is 12.8. The van der Waals surface area contributed by atoms with E-state index < -0.39 is 10.0 Å². The van der Waals surface area contributed by atoms with Crippen LogP contribution in [0.5, 0.6) is 0 Å². The molecule has 0 aliphatic rings. The molecule has 2 aromatic rings. The monoisotopic (exact) mass is 417 g/mol. The summed E-state index contributed by atoms with van der Waals surface area (Å²) in [5, 5.41) is 2.88. The molecule has 0 aromatic heterocycles. The van der Waals surface area contributed by atoms with Crippen molar-refractivity contribution in [2.45, 2.75) is 37.5 Å². The number of benzene rings is 2. The summed E-state index contributed by atoms with van der Waals surface area (Å²) in [5.41, 5.74) is 3.41. The number of hydrogen-bond donors (Lipinski definition) is 1. The lowest BCUT2D eigenvalue weighted by Gasteiger charge is -2.20.